The molecule has 22 heavy (non-hydrogen) atoms. The van der Waals surface area contributed by atoms with Crippen LogP contribution in [0.5, 0.6) is 0 Å². The molecule has 0 saturated carbocycles. The van der Waals surface area contributed by atoms with Crippen molar-refractivity contribution in [1.29, 1.82) is 0 Å². The summed E-state index contributed by atoms with van der Waals surface area (Å²) in [5.74, 6) is 0.920. The minimum atomic E-state index is -0.220. The van der Waals surface area contributed by atoms with Crippen LogP contribution in [0.4, 0.5) is 5.69 Å². The zero-order valence-electron chi connectivity index (χ0n) is 13.9. The Balaban J connectivity index is 1.90. The number of rotatable bonds is 5. The van der Waals surface area contributed by atoms with Crippen molar-refractivity contribution >= 4 is 11.6 Å². The summed E-state index contributed by atoms with van der Waals surface area (Å²) in [4.78, 5) is 8.94. The number of hydrogen-bond donors (Lipinski definition) is 2. The highest BCUT2D eigenvalue weighted by Gasteiger charge is 2.22. The van der Waals surface area contributed by atoms with Crippen LogP contribution in [0.15, 0.2) is 29.3 Å². The highest BCUT2D eigenvalue weighted by atomic mass is 16.3. The fourth-order valence-electron chi connectivity index (χ4n) is 2.61. The summed E-state index contributed by atoms with van der Waals surface area (Å²) in [5, 5.41) is 13.0. The number of guanidine groups is 1. The zero-order chi connectivity index (χ0) is 15.9. The summed E-state index contributed by atoms with van der Waals surface area (Å²) < 4.78 is 0. The van der Waals surface area contributed by atoms with Gasteiger partial charge in [0.2, 0.25) is 0 Å². The molecule has 0 spiro atoms. The molecule has 0 bridgehead atoms. The number of aliphatic hydroxyl groups excluding tert-OH is 1. The number of nitrogens with one attached hydrogen (secondary N) is 1. The Labute approximate surface area is 133 Å². The molecular weight excluding hydrogens is 276 g/mol. The molecule has 1 aromatic rings. The second-order valence-corrected chi connectivity index (χ2v) is 5.94. The maximum absolute atomic E-state index is 9.66. The SMILES string of the molecule is CCNC(=NCCc1ccc(N(C)C)cc1)N1CC[C@@H](O)C1. The fourth-order valence-corrected chi connectivity index (χ4v) is 2.61. The first-order valence-corrected chi connectivity index (χ1v) is 8.07. The van der Waals surface area contributed by atoms with Gasteiger partial charge in [0.1, 0.15) is 0 Å². The normalized spacial score (nSPS) is 18.6. The van der Waals surface area contributed by atoms with E-state index in [1.165, 1.54) is 11.3 Å². The van der Waals surface area contributed by atoms with Crippen molar-refractivity contribution in [1.82, 2.24) is 10.2 Å². The third-order valence-corrected chi connectivity index (χ3v) is 3.91. The maximum atomic E-state index is 9.66. The Morgan fingerprint density at radius 2 is 2.09 bits per heavy atom. The Morgan fingerprint density at radius 1 is 1.36 bits per heavy atom. The van der Waals surface area contributed by atoms with Crippen molar-refractivity contribution in [3.8, 4) is 0 Å². The van der Waals surface area contributed by atoms with Gasteiger partial charge in [-0.25, -0.2) is 0 Å². The van der Waals surface area contributed by atoms with Gasteiger partial charge >= 0.3 is 0 Å². The van der Waals surface area contributed by atoms with E-state index in [0.29, 0.717) is 6.54 Å². The number of β-amino-alcohol motifs (C(OH)–C–C–N with tert-alkyl or cyclic N) is 1. The van der Waals surface area contributed by atoms with Gasteiger partial charge < -0.3 is 20.2 Å². The van der Waals surface area contributed by atoms with E-state index in [1.54, 1.807) is 0 Å². The van der Waals surface area contributed by atoms with E-state index < -0.39 is 0 Å². The third-order valence-electron chi connectivity index (χ3n) is 3.91. The van der Waals surface area contributed by atoms with E-state index in [9.17, 15) is 5.11 Å². The maximum Gasteiger partial charge on any atom is 0.194 e. The molecule has 2 rings (SSSR count). The second-order valence-electron chi connectivity index (χ2n) is 5.94. The molecule has 1 heterocycles. The number of nitrogens with zero attached hydrogens (tertiary/aromatic N) is 3. The lowest BCUT2D eigenvalue weighted by Gasteiger charge is -2.21. The van der Waals surface area contributed by atoms with Gasteiger partial charge in [-0.2, -0.15) is 0 Å². The van der Waals surface area contributed by atoms with Crippen molar-refractivity contribution in [2.45, 2.75) is 25.9 Å². The van der Waals surface area contributed by atoms with Gasteiger partial charge in [0, 0.05) is 46.0 Å². The molecule has 1 saturated heterocycles. The monoisotopic (exact) mass is 304 g/mol. The van der Waals surface area contributed by atoms with Crippen LogP contribution in [0.2, 0.25) is 0 Å². The predicted molar refractivity (Wildman–Crippen MR) is 92.6 cm³/mol. The van der Waals surface area contributed by atoms with Gasteiger partial charge in [-0.15, -0.1) is 0 Å². The van der Waals surface area contributed by atoms with E-state index in [0.717, 1.165) is 38.4 Å². The lowest BCUT2D eigenvalue weighted by Crippen LogP contribution is -2.40. The highest BCUT2D eigenvalue weighted by molar-refractivity contribution is 5.80. The van der Waals surface area contributed by atoms with Crippen LogP contribution in [0, 0.1) is 0 Å². The number of anilines is 1. The predicted octanol–water partition coefficient (Wildman–Crippen LogP) is 1.33. The van der Waals surface area contributed by atoms with Gasteiger partial charge in [0.25, 0.3) is 0 Å². The van der Waals surface area contributed by atoms with Crippen molar-refractivity contribution in [3.05, 3.63) is 29.8 Å². The Kier molecular flexibility index (Phi) is 6.07. The van der Waals surface area contributed by atoms with E-state index in [2.05, 4.69) is 46.3 Å². The molecule has 1 fully saturated rings. The lowest BCUT2D eigenvalue weighted by molar-refractivity contribution is 0.188. The summed E-state index contributed by atoms with van der Waals surface area (Å²) in [7, 11) is 4.10. The summed E-state index contributed by atoms with van der Waals surface area (Å²) in [5.41, 5.74) is 2.51. The molecule has 122 valence electrons. The number of benzene rings is 1. The molecule has 0 amide bonds. The molecule has 5 heteroatoms. The van der Waals surface area contributed by atoms with E-state index >= 15 is 0 Å². The summed E-state index contributed by atoms with van der Waals surface area (Å²) in [6.07, 6.45) is 1.54. The Hall–Kier alpha value is -1.75. The standard InChI is InChI=1S/C17H28N4O/c1-4-18-17(21-12-10-16(22)13-21)19-11-9-14-5-7-15(8-6-14)20(2)3/h5-8,16,22H,4,9-13H2,1-3H3,(H,18,19)/t16-/m1/s1. The van der Waals surface area contributed by atoms with Crippen molar-refractivity contribution in [3.63, 3.8) is 0 Å². The van der Waals surface area contributed by atoms with Crippen molar-refractivity contribution < 1.29 is 5.11 Å². The smallest absolute Gasteiger partial charge is 0.194 e. The lowest BCUT2D eigenvalue weighted by atomic mass is 10.1. The fraction of sp³-hybridized carbons (Fsp3) is 0.588. The Morgan fingerprint density at radius 3 is 2.64 bits per heavy atom. The molecule has 0 unspecified atom stereocenters. The molecule has 0 aromatic heterocycles. The average molecular weight is 304 g/mol. The van der Waals surface area contributed by atoms with Gasteiger partial charge in [-0.3, -0.25) is 4.99 Å². The third kappa shape index (κ3) is 4.63. The largest absolute Gasteiger partial charge is 0.391 e. The number of aliphatic imine (C=N–C) groups is 1. The van der Waals surface area contributed by atoms with Gasteiger partial charge in [0.05, 0.1) is 6.10 Å². The van der Waals surface area contributed by atoms with Crippen molar-refractivity contribution in [2.75, 3.05) is 45.2 Å². The minimum Gasteiger partial charge on any atom is -0.391 e. The van der Waals surface area contributed by atoms with Gasteiger partial charge in [0.15, 0.2) is 5.96 Å². The van der Waals surface area contributed by atoms with Crippen LogP contribution in [0.25, 0.3) is 0 Å². The van der Waals surface area contributed by atoms with Gasteiger partial charge in [-0.1, -0.05) is 12.1 Å². The van der Waals surface area contributed by atoms with E-state index in [4.69, 9.17) is 4.99 Å². The molecule has 1 aliphatic heterocycles. The van der Waals surface area contributed by atoms with Crippen LogP contribution < -0.4 is 10.2 Å². The van der Waals surface area contributed by atoms with E-state index in [1.807, 2.05) is 14.1 Å². The number of aliphatic hydroxyl groups is 1. The summed E-state index contributed by atoms with van der Waals surface area (Å²) in [6.45, 7) is 5.25. The molecule has 0 aliphatic carbocycles. The molecule has 1 aliphatic rings. The number of hydrogen-bond acceptors (Lipinski definition) is 3. The highest BCUT2D eigenvalue weighted by Crippen LogP contribution is 2.13. The molecule has 2 N–H and O–H groups in total. The molecule has 1 atom stereocenters. The number of likely N-dealkylation sites (tertiary alicyclic amines) is 1. The minimum absolute atomic E-state index is 0.220. The first kappa shape index (κ1) is 16.6. The Bertz CT molecular complexity index is 484. The molecule has 5 nitrogen and oxygen atoms in total. The topological polar surface area (TPSA) is 51.1 Å². The van der Waals surface area contributed by atoms with E-state index in [-0.39, 0.29) is 6.10 Å². The first-order chi connectivity index (χ1) is 10.6. The molecular formula is C17H28N4O. The van der Waals surface area contributed by atoms with Gasteiger partial charge in [-0.05, 0) is 37.5 Å². The van der Waals surface area contributed by atoms with Crippen LogP contribution in [0.3, 0.4) is 0 Å². The van der Waals surface area contributed by atoms with Crippen LogP contribution in [0.1, 0.15) is 18.9 Å². The quantitative estimate of drug-likeness (QED) is 0.636. The second kappa shape index (κ2) is 8.03. The summed E-state index contributed by atoms with van der Waals surface area (Å²) in [6, 6.07) is 8.61. The zero-order valence-corrected chi connectivity index (χ0v) is 13.9. The average Bonchev–Trinajstić information content (AvgIpc) is 2.93. The molecule has 1 aromatic carbocycles. The summed E-state index contributed by atoms with van der Waals surface area (Å²) >= 11 is 0. The van der Waals surface area contributed by atoms with Crippen LogP contribution in [-0.4, -0.2) is 62.3 Å². The van der Waals surface area contributed by atoms with Crippen molar-refractivity contribution in [2.24, 2.45) is 4.99 Å². The van der Waals surface area contributed by atoms with Crippen LogP contribution >= 0.6 is 0 Å². The first-order valence-electron chi connectivity index (χ1n) is 8.07. The van der Waals surface area contributed by atoms with Crippen LogP contribution in [-0.2, 0) is 6.42 Å². The molecule has 0 radical (unpaired) electrons.